The number of methoxy groups -OCH3 is 1. The average molecular weight is 607 g/mol. The maximum Gasteiger partial charge on any atom is 0.243 e. The molecule has 3 aromatic carbocycles. The van der Waals surface area contributed by atoms with E-state index >= 15 is 0 Å². The molecule has 0 saturated carbocycles. The number of nitrogens with one attached hydrogen (secondary N) is 1. The summed E-state index contributed by atoms with van der Waals surface area (Å²) < 4.78 is 36.0. The zero-order chi connectivity index (χ0) is 28.4. The number of ether oxygens (including phenoxy) is 1. The van der Waals surface area contributed by atoms with Crippen molar-refractivity contribution in [1.82, 2.24) is 24.1 Å². The Labute approximate surface area is 245 Å². The Bertz CT molecular complexity index is 1820. The molecule has 1 fully saturated rings. The summed E-state index contributed by atoms with van der Waals surface area (Å²) in [6.07, 6.45) is 1.73. The third-order valence-corrected chi connectivity index (χ3v) is 10.4. The van der Waals surface area contributed by atoms with Crippen molar-refractivity contribution >= 4 is 54.4 Å². The van der Waals surface area contributed by atoms with E-state index in [0.717, 1.165) is 34.5 Å². The summed E-state index contributed by atoms with van der Waals surface area (Å²) in [5.74, 6) is 1.06. The number of carbonyl (C=O) groups excluding carboxylic acids is 1. The molecular formula is C28H26N6O4S3. The second kappa shape index (κ2) is 11.6. The van der Waals surface area contributed by atoms with Crippen LogP contribution in [0.2, 0.25) is 0 Å². The first-order chi connectivity index (χ1) is 19.9. The summed E-state index contributed by atoms with van der Waals surface area (Å²) in [6, 6.07) is 21.9. The largest absolute Gasteiger partial charge is 0.497 e. The van der Waals surface area contributed by atoms with Gasteiger partial charge in [0.1, 0.15) is 5.75 Å². The first-order valence-corrected chi connectivity index (χ1v) is 16.2. The monoisotopic (exact) mass is 606 g/mol. The minimum absolute atomic E-state index is 0.0770. The van der Waals surface area contributed by atoms with E-state index in [9.17, 15) is 13.2 Å². The van der Waals surface area contributed by atoms with Crippen LogP contribution in [0.15, 0.2) is 82.8 Å². The van der Waals surface area contributed by atoms with Gasteiger partial charge >= 0.3 is 0 Å². The predicted molar refractivity (Wildman–Crippen MR) is 160 cm³/mol. The Balaban J connectivity index is 1.25. The highest BCUT2D eigenvalue weighted by Gasteiger charge is 2.28. The Morgan fingerprint density at radius 3 is 2.61 bits per heavy atom. The number of para-hydroxylation sites is 1. The molecule has 0 unspecified atom stereocenters. The minimum atomic E-state index is -3.60. The van der Waals surface area contributed by atoms with E-state index in [1.165, 1.54) is 27.4 Å². The number of fused-ring (bicyclic) bond motifs is 1. The maximum absolute atomic E-state index is 13.2. The van der Waals surface area contributed by atoms with Crippen molar-refractivity contribution < 1.29 is 17.9 Å². The van der Waals surface area contributed by atoms with Crippen molar-refractivity contribution in [1.29, 1.82) is 0 Å². The fourth-order valence-electron chi connectivity index (χ4n) is 4.60. The van der Waals surface area contributed by atoms with E-state index < -0.39 is 10.0 Å². The molecule has 1 aliphatic heterocycles. The summed E-state index contributed by atoms with van der Waals surface area (Å²) in [5, 5.41) is 12.7. The van der Waals surface area contributed by atoms with Gasteiger partial charge in [-0.1, -0.05) is 53.4 Å². The summed E-state index contributed by atoms with van der Waals surface area (Å²) in [7, 11) is -1.99. The number of nitrogens with zero attached hydrogens (tertiary/aromatic N) is 5. The van der Waals surface area contributed by atoms with Crippen molar-refractivity contribution in [3.63, 3.8) is 0 Å². The molecule has 0 radical (unpaired) electrons. The molecule has 1 N–H and O–H groups in total. The van der Waals surface area contributed by atoms with Gasteiger partial charge in [0.05, 0.1) is 28.0 Å². The van der Waals surface area contributed by atoms with Crippen LogP contribution in [0.3, 0.4) is 0 Å². The fraction of sp³-hybridized carbons (Fsp3) is 0.214. The summed E-state index contributed by atoms with van der Waals surface area (Å²) in [5.41, 5.74) is 2.19. The number of carbonyl (C=O) groups is 1. The van der Waals surface area contributed by atoms with Gasteiger partial charge in [-0.25, -0.2) is 13.4 Å². The molecule has 1 aliphatic rings. The normalized spacial score (nSPS) is 14.0. The van der Waals surface area contributed by atoms with Gasteiger partial charge in [0.2, 0.25) is 15.9 Å². The topological polar surface area (TPSA) is 119 Å². The predicted octanol–water partition coefficient (Wildman–Crippen LogP) is 5.07. The smallest absolute Gasteiger partial charge is 0.243 e. The molecule has 6 rings (SSSR count). The highest BCUT2D eigenvalue weighted by atomic mass is 32.2. The third kappa shape index (κ3) is 5.71. The van der Waals surface area contributed by atoms with Crippen molar-refractivity contribution in [2.24, 2.45) is 0 Å². The number of thioether (sulfide) groups is 1. The Kier molecular flexibility index (Phi) is 7.75. The molecule has 0 bridgehead atoms. The molecule has 2 aromatic heterocycles. The van der Waals surface area contributed by atoms with E-state index in [0.29, 0.717) is 34.8 Å². The number of hydrogen-bond acceptors (Lipinski definition) is 9. The molecular weight excluding hydrogens is 581 g/mol. The van der Waals surface area contributed by atoms with Crippen LogP contribution in [0.5, 0.6) is 5.75 Å². The maximum atomic E-state index is 13.2. The molecule has 13 heteroatoms. The average Bonchev–Trinajstić information content (AvgIpc) is 3.76. The van der Waals surface area contributed by atoms with Crippen LogP contribution in [0.4, 0.5) is 5.13 Å². The van der Waals surface area contributed by atoms with E-state index in [4.69, 9.17) is 4.74 Å². The van der Waals surface area contributed by atoms with Gasteiger partial charge in [0, 0.05) is 24.3 Å². The van der Waals surface area contributed by atoms with Gasteiger partial charge in [-0.3, -0.25) is 9.36 Å². The molecule has 1 saturated heterocycles. The number of rotatable bonds is 9. The summed E-state index contributed by atoms with van der Waals surface area (Å²) >= 11 is 2.61. The van der Waals surface area contributed by atoms with E-state index in [1.807, 2.05) is 59.2 Å². The molecule has 5 aromatic rings. The molecule has 10 nitrogen and oxygen atoms in total. The lowest BCUT2D eigenvalue weighted by Crippen LogP contribution is -2.27. The van der Waals surface area contributed by atoms with Crippen LogP contribution in [0.1, 0.15) is 12.8 Å². The van der Waals surface area contributed by atoms with Crippen molar-refractivity contribution in [3.05, 3.63) is 72.8 Å². The Hall–Kier alpha value is -3.78. The van der Waals surface area contributed by atoms with Gasteiger partial charge in [0.15, 0.2) is 16.1 Å². The van der Waals surface area contributed by atoms with Crippen molar-refractivity contribution in [3.8, 4) is 22.8 Å². The zero-order valence-electron chi connectivity index (χ0n) is 22.1. The lowest BCUT2D eigenvalue weighted by atomic mass is 10.2. The summed E-state index contributed by atoms with van der Waals surface area (Å²) in [6.45, 7) is 1.06. The van der Waals surface area contributed by atoms with Gasteiger partial charge in [-0.05, 0) is 55.3 Å². The molecule has 0 spiro atoms. The lowest BCUT2D eigenvalue weighted by molar-refractivity contribution is -0.113. The number of sulfonamides is 1. The SMILES string of the molecule is COc1ccc2nc(NC(=O)CSc3nnc(-c4cccc(S(=O)(=O)N5CCCC5)c4)n3-c3ccccc3)sc2c1. The molecule has 0 atom stereocenters. The molecule has 41 heavy (non-hydrogen) atoms. The Morgan fingerprint density at radius 2 is 1.83 bits per heavy atom. The number of thiazole rings is 1. The van der Waals surface area contributed by atoms with Gasteiger partial charge < -0.3 is 10.1 Å². The van der Waals surface area contributed by atoms with Crippen LogP contribution in [0, 0.1) is 0 Å². The third-order valence-electron chi connectivity index (χ3n) is 6.62. The number of hydrogen-bond donors (Lipinski definition) is 1. The zero-order valence-corrected chi connectivity index (χ0v) is 24.5. The molecule has 1 amide bonds. The van der Waals surface area contributed by atoms with Crippen molar-refractivity contribution in [2.45, 2.75) is 22.9 Å². The standard InChI is InChI=1S/C28H26N6O4S3/c1-38-21-12-13-23-24(17-21)40-27(29-23)30-25(35)18-39-28-32-31-26(34(28)20-9-3-2-4-10-20)19-8-7-11-22(16-19)41(36,37)33-14-5-6-15-33/h2-4,7-13,16-17H,5-6,14-15,18H2,1H3,(H,29,30,35). The van der Waals surface area contributed by atoms with Crippen LogP contribution >= 0.6 is 23.1 Å². The van der Waals surface area contributed by atoms with Gasteiger partial charge in [-0.2, -0.15) is 4.31 Å². The Morgan fingerprint density at radius 1 is 1.02 bits per heavy atom. The molecule has 3 heterocycles. The second-order valence-electron chi connectivity index (χ2n) is 9.31. The highest BCUT2D eigenvalue weighted by Crippen LogP contribution is 2.32. The second-order valence-corrected chi connectivity index (χ2v) is 13.2. The summed E-state index contributed by atoms with van der Waals surface area (Å²) in [4.78, 5) is 17.6. The minimum Gasteiger partial charge on any atom is -0.497 e. The number of amides is 1. The fourth-order valence-corrected chi connectivity index (χ4v) is 7.83. The first-order valence-electron chi connectivity index (χ1n) is 12.9. The first kappa shape index (κ1) is 27.4. The van der Waals surface area contributed by atoms with Crippen molar-refractivity contribution in [2.75, 3.05) is 31.3 Å². The van der Waals surface area contributed by atoms with Crippen LogP contribution < -0.4 is 10.1 Å². The quantitative estimate of drug-likeness (QED) is 0.231. The van der Waals surface area contributed by atoms with Crippen LogP contribution in [0.25, 0.3) is 27.3 Å². The number of anilines is 1. The number of aromatic nitrogens is 4. The van der Waals surface area contributed by atoms with E-state index in [1.54, 1.807) is 25.3 Å². The lowest BCUT2D eigenvalue weighted by Gasteiger charge is -2.16. The van der Waals surface area contributed by atoms with Gasteiger partial charge in [-0.15, -0.1) is 10.2 Å². The molecule has 210 valence electrons. The number of benzene rings is 3. The van der Waals surface area contributed by atoms with E-state index in [-0.39, 0.29) is 16.6 Å². The van der Waals surface area contributed by atoms with Crippen LogP contribution in [-0.2, 0) is 14.8 Å². The van der Waals surface area contributed by atoms with Gasteiger partial charge in [0.25, 0.3) is 0 Å². The molecule has 0 aliphatic carbocycles. The van der Waals surface area contributed by atoms with E-state index in [2.05, 4.69) is 20.5 Å². The highest BCUT2D eigenvalue weighted by molar-refractivity contribution is 7.99. The van der Waals surface area contributed by atoms with Crippen LogP contribution in [-0.4, -0.2) is 64.3 Å².